The number of aromatic amines is 1. The van der Waals surface area contributed by atoms with Crippen LogP contribution in [0.25, 0.3) is 22.0 Å². The second kappa shape index (κ2) is 8.30. The zero-order valence-corrected chi connectivity index (χ0v) is 18.1. The van der Waals surface area contributed by atoms with E-state index in [9.17, 15) is 4.79 Å². The molecule has 0 radical (unpaired) electrons. The maximum Gasteiger partial charge on any atom is 0.289 e. The first-order valence-electron chi connectivity index (χ1n) is 10.8. The molecule has 5 rings (SSSR count). The molecule has 0 spiro atoms. The lowest BCUT2D eigenvalue weighted by atomic mass is 9.98. The quantitative estimate of drug-likeness (QED) is 0.342. The van der Waals surface area contributed by atoms with Gasteiger partial charge in [0, 0.05) is 5.56 Å². The predicted octanol–water partition coefficient (Wildman–Crippen LogP) is 4.88. The average molecular weight is 425 g/mol. The smallest absolute Gasteiger partial charge is 0.289 e. The summed E-state index contributed by atoms with van der Waals surface area (Å²) < 4.78 is 5.46. The van der Waals surface area contributed by atoms with Crippen LogP contribution in [0, 0.1) is 0 Å². The number of carbonyl (C=O) groups excluding carboxylic acids is 1. The third-order valence-corrected chi connectivity index (χ3v) is 5.88. The van der Waals surface area contributed by atoms with Gasteiger partial charge in [-0.2, -0.15) is 10.2 Å². The van der Waals surface area contributed by atoms with Crippen LogP contribution in [0.4, 0.5) is 0 Å². The molecule has 0 saturated carbocycles. The molecule has 3 aromatic carbocycles. The van der Waals surface area contributed by atoms with Gasteiger partial charge in [-0.3, -0.25) is 9.89 Å². The Bertz CT molecular complexity index is 1330. The third-order valence-electron chi connectivity index (χ3n) is 5.88. The minimum atomic E-state index is -0.333. The minimum absolute atomic E-state index is 0.333. The van der Waals surface area contributed by atoms with Crippen LogP contribution >= 0.6 is 0 Å². The number of hydrogen-bond acceptors (Lipinski definition) is 4. The van der Waals surface area contributed by atoms with Gasteiger partial charge >= 0.3 is 0 Å². The van der Waals surface area contributed by atoms with E-state index < -0.39 is 0 Å². The topological polar surface area (TPSA) is 79.4 Å². The number of aryl methyl sites for hydroxylation is 2. The predicted molar refractivity (Wildman–Crippen MR) is 126 cm³/mol. The minimum Gasteiger partial charge on any atom is -0.494 e. The summed E-state index contributed by atoms with van der Waals surface area (Å²) >= 11 is 0. The molecular formula is C26H24N4O2. The number of nitrogens with one attached hydrogen (secondary N) is 2. The second-order valence-electron chi connectivity index (χ2n) is 7.87. The van der Waals surface area contributed by atoms with Crippen LogP contribution in [0.2, 0.25) is 0 Å². The molecule has 32 heavy (non-hydrogen) atoms. The summed E-state index contributed by atoms with van der Waals surface area (Å²) in [6.07, 6.45) is 2.16. The number of hydrazone groups is 1. The summed E-state index contributed by atoms with van der Waals surface area (Å²) in [6, 6.07) is 20.1. The number of aromatic nitrogens is 2. The molecule has 1 aliphatic carbocycles. The van der Waals surface area contributed by atoms with Gasteiger partial charge in [0.25, 0.3) is 5.91 Å². The van der Waals surface area contributed by atoms with E-state index >= 15 is 0 Å². The summed E-state index contributed by atoms with van der Waals surface area (Å²) in [5, 5.41) is 14.0. The number of ether oxygens (including phenoxy) is 1. The van der Waals surface area contributed by atoms with E-state index in [2.05, 4.69) is 51.1 Å². The monoisotopic (exact) mass is 424 g/mol. The standard InChI is InChI=1S/C26H24N4O2/c1-3-32-20-12-9-17(10-13-20)16(2)27-30-26(31)24-15-23(28-29-24)21-14-11-19-8-7-18-5-4-6-22(21)25(18)19/h4-6,9-15H,3,7-8H2,1-2H3,(H,28,29)(H,30,31)/b27-16+. The highest BCUT2D eigenvalue weighted by atomic mass is 16.5. The molecule has 1 aromatic heterocycles. The van der Waals surface area contributed by atoms with E-state index in [0.29, 0.717) is 18.0 Å². The maximum absolute atomic E-state index is 12.6. The number of benzene rings is 3. The highest BCUT2D eigenvalue weighted by Crippen LogP contribution is 2.36. The van der Waals surface area contributed by atoms with Crippen molar-refractivity contribution in [1.82, 2.24) is 15.6 Å². The molecule has 0 unspecified atom stereocenters. The molecule has 1 aliphatic rings. The Kier molecular flexibility index (Phi) is 5.19. The Morgan fingerprint density at radius 1 is 1.09 bits per heavy atom. The van der Waals surface area contributed by atoms with Crippen LogP contribution in [-0.2, 0) is 12.8 Å². The number of rotatable bonds is 6. The first-order chi connectivity index (χ1) is 15.6. The molecule has 1 amide bonds. The lowest BCUT2D eigenvalue weighted by molar-refractivity contribution is 0.0950. The first kappa shape index (κ1) is 20.0. The molecule has 4 aromatic rings. The van der Waals surface area contributed by atoms with Crippen LogP contribution < -0.4 is 10.2 Å². The van der Waals surface area contributed by atoms with E-state index in [1.54, 1.807) is 6.07 Å². The number of amides is 1. The first-order valence-corrected chi connectivity index (χ1v) is 10.8. The van der Waals surface area contributed by atoms with Crippen LogP contribution in [0.1, 0.15) is 41.0 Å². The SMILES string of the molecule is CCOc1ccc(/C(C)=N/NC(=O)c2cc(-c3ccc4c5c(cccc35)CC4)n[nH]2)cc1. The molecule has 2 N–H and O–H groups in total. The fraction of sp³-hybridized carbons (Fsp3) is 0.192. The van der Waals surface area contributed by atoms with Gasteiger partial charge in [0.05, 0.1) is 18.0 Å². The Hall–Kier alpha value is -3.93. The van der Waals surface area contributed by atoms with Crippen molar-refractivity contribution in [3.63, 3.8) is 0 Å². The van der Waals surface area contributed by atoms with Crippen molar-refractivity contribution in [2.24, 2.45) is 5.10 Å². The van der Waals surface area contributed by atoms with Crippen molar-refractivity contribution in [1.29, 1.82) is 0 Å². The van der Waals surface area contributed by atoms with E-state index in [-0.39, 0.29) is 5.91 Å². The van der Waals surface area contributed by atoms with E-state index in [1.165, 1.54) is 21.9 Å². The molecule has 160 valence electrons. The van der Waals surface area contributed by atoms with Crippen molar-refractivity contribution in [3.05, 3.63) is 83.0 Å². The lowest BCUT2D eigenvalue weighted by Crippen LogP contribution is -2.19. The number of H-pyrrole nitrogens is 1. The van der Waals surface area contributed by atoms with E-state index in [1.807, 2.05) is 38.1 Å². The van der Waals surface area contributed by atoms with E-state index in [4.69, 9.17) is 4.74 Å². The average Bonchev–Trinajstić information content (AvgIpc) is 3.47. The number of nitrogens with zero attached hydrogens (tertiary/aromatic N) is 2. The largest absolute Gasteiger partial charge is 0.494 e. The normalized spacial score (nSPS) is 12.9. The molecular weight excluding hydrogens is 400 g/mol. The summed E-state index contributed by atoms with van der Waals surface area (Å²) in [5.74, 6) is 0.473. The van der Waals surface area contributed by atoms with Gasteiger partial charge in [-0.25, -0.2) is 5.43 Å². The zero-order chi connectivity index (χ0) is 22.1. The Balaban J connectivity index is 1.35. The molecule has 0 saturated heterocycles. The summed E-state index contributed by atoms with van der Waals surface area (Å²) in [7, 11) is 0. The van der Waals surface area contributed by atoms with Gasteiger partial charge in [0.15, 0.2) is 0 Å². The van der Waals surface area contributed by atoms with Crippen molar-refractivity contribution < 1.29 is 9.53 Å². The molecule has 0 fully saturated rings. The second-order valence-corrected chi connectivity index (χ2v) is 7.87. The highest BCUT2D eigenvalue weighted by molar-refractivity contribution is 6.03. The Labute approximate surface area is 186 Å². The molecule has 6 heteroatoms. The van der Waals surface area contributed by atoms with Gasteiger partial charge in [-0.05, 0) is 84.5 Å². The van der Waals surface area contributed by atoms with Crippen LogP contribution in [0.15, 0.2) is 65.8 Å². The fourth-order valence-corrected chi connectivity index (χ4v) is 4.26. The van der Waals surface area contributed by atoms with Crippen molar-refractivity contribution in [2.75, 3.05) is 6.61 Å². The van der Waals surface area contributed by atoms with Crippen molar-refractivity contribution in [2.45, 2.75) is 26.7 Å². The van der Waals surface area contributed by atoms with Crippen LogP contribution in [-0.4, -0.2) is 28.4 Å². The van der Waals surface area contributed by atoms with Crippen molar-refractivity contribution >= 4 is 22.4 Å². The lowest BCUT2D eigenvalue weighted by Gasteiger charge is -2.06. The molecule has 1 heterocycles. The molecule has 0 aliphatic heterocycles. The number of carbonyl (C=O) groups is 1. The summed E-state index contributed by atoms with van der Waals surface area (Å²) in [5.41, 5.74) is 9.13. The van der Waals surface area contributed by atoms with Gasteiger partial charge in [0.2, 0.25) is 0 Å². The summed E-state index contributed by atoms with van der Waals surface area (Å²) in [4.78, 5) is 12.6. The van der Waals surface area contributed by atoms with Gasteiger partial charge in [-0.15, -0.1) is 0 Å². The highest BCUT2D eigenvalue weighted by Gasteiger charge is 2.18. The zero-order valence-electron chi connectivity index (χ0n) is 18.1. The van der Waals surface area contributed by atoms with Gasteiger partial charge in [-0.1, -0.05) is 30.3 Å². The third kappa shape index (κ3) is 3.64. The molecule has 0 bridgehead atoms. The molecule has 6 nitrogen and oxygen atoms in total. The van der Waals surface area contributed by atoms with Crippen LogP contribution in [0.5, 0.6) is 5.75 Å². The Morgan fingerprint density at radius 3 is 2.66 bits per heavy atom. The van der Waals surface area contributed by atoms with E-state index in [0.717, 1.165) is 35.4 Å². The van der Waals surface area contributed by atoms with Crippen LogP contribution in [0.3, 0.4) is 0 Å². The molecule has 0 atom stereocenters. The maximum atomic E-state index is 12.6. The Morgan fingerprint density at radius 2 is 1.88 bits per heavy atom. The van der Waals surface area contributed by atoms with Gasteiger partial charge in [0.1, 0.15) is 11.4 Å². The fourth-order valence-electron chi connectivity index (χ4n) is 4.26. The summed E-state index contributed by atoms with van der Waals surface area (Å²) in [6.45, 7) is 4.42. The van der Waals surface area contributed by atoms with Gasteiger partial charge < -0.3 is 4.74 Å². The number of hydrogen-bond donors (Lipinski definition) is 2. The van der Waals surface area contributed by atoms with Crippen molar-refractivity contribution in [3.8, 4) is 17.0 Å².